The third-order valence-corrected chi connectivity index (χ3v) is 2.24. The normalized spacial score (nSPS) is 9.89. The van der Waals surface area contributed by atoms with E-state index in [0.717, 1.165) is 6.29 Å². The van der Waals surface area contributed by atoms with Crippen molar-refractivity contribution in [1.82, 2.24) is 15.0 Å². The number of ether oxygens (including phenoxy) is 2. The lowest BCUT2D eigenvalue weighted by Gasteiger charge is -2.05. The first-order chi connectivity index (χ1) is 8.76. The van der Waals surface area contributed by atoms with Crippen molar-refractivity contribution in [2.45, 2.75) is 0 Å². The Morgan fingerprint density at radius 3 is 2.28 bits per heavy atom. The molecule has 92 valence electrons. The molecule has 0 spiro atoms. The van der Waals surface area contributed by atoms with E-state index in [1.54, 1.807) is 24.3 Å². The van der Waals surface area contributed by atoms with E-state index in [9.17, 15) is 4.79 Å². The molecule has 2 rings (SSSR count). The maximum absolute atomic E-state index is 10.7. The standard InChI is InChI=1S/C12H11N3O3/c1-17-11-13-10(14-12(15-11)18-2)9-5-3-4-8(6-9)7-16/h3-7H,1-2H3. The van der Waals surface area contributed by atoms with Gasteiger partial charge >= 0.3 is 12.0 Å². The SMILES string of the molecule is COc1nc(OC)nc(-c2cccc(C=O)c2)n1. The zero-order chi connectivity index (χ0) is 13.0. The average Bonchev–Trinajstić information content (AvgIpc) is 2.46. The quantitative estimate of drug-likeness (QED) is 0.757. The largest absolute Gasteiger partial charge is 0.467 e. The molecule has 0 saturated carbocycles. The van der Waals surface area contributed by atoms with Gasteiger partial charge in [0.25, 0.3) is 0 Å². The van der Waals surface area contributed by atoms with Gasteiger partial charge in [-0.3, -0.25) is 4.79 Å². The van der Waals surface area contributed by atoms with Crippen LogP contribution >= 0.6 is 0 Å². The summed E-state index contributed by atoms with van der Waals surface area (Å²) < 4.78 is 9.93. The summed E-state index contributed by atoms with van der Waals surface area (Å²) >= 11 is 0. The minimum atomic E-state index is 0.161. The Morgan fingerprint density at radius 2 is 1.72 bits per heavy atom. The van der Waals surface area contributed by atoms with Gasteiger partial charge < -0.3 is 9.47 Å². The van der Waals surface area contributed by atoms with Crippen molar-refractivity contribution in [3.05, 3.63) is 29.8 Å². The Balaban J connectivity index is 2.51. The number of hydrogen-bond donors (Lipinski definition) is 0. The van der Waals surface area contributed by atoms with Crippen molar-refractivity contribution in [3.63, 3.8) is 0 Å². The summed E-state index contributed by atoms with van der Waals surface area (Å²) in [6.45, 7) is 0. The third-order valence-electron chi connectivity index (χ3n) is 2.24. The molecular formula is C12H11N3O3. The van der Waals surface area contributed by atoms with E-state index in [-0.39, 0.29) is 12.0 Å². The third kappa shape index (κ3) is 2.42. The highest BCUT2D eigenvalue weighted by molar-refractivity contribution is 5.77. The molecule has 6 heteroatoms. The van der Waals surface area contributed by atoms with E-state index < -0.39 is 0 Å². The highest BCUT2D eigenvalue weighted by atomic mass is 16.5. The molecule has 0 aliphatic carbocycles. The molecule has 1 aromatic carbocycles. The van der Waals surface area contributed by atoms with Crippen molar-refractivity contribution in [1.29, 1.82) is 0 Å². The Bertz CT molecular complexity index is 550. The Morgan fingerprint density at radius 1 is 1.06 bits per heavy atom. The summed E-state index contributed by atoms with van der Waals surface area (Å²) in [5.74, 6) is 0.391. The van der Waals surface area contributed by atoms with Crippen LogP contribution in [0.1, 0.15) is 10.4 Å². The maximum atomic E-state index is 10.7. The number of benzene rings is 1. The lowest BCUT2D eigenvalue weighted by molar-refractivity contribution is 0.112. The minimum Gasteiger partial charge on any atom is -0.467 e. The van der Waals surface area contributed by atoms with Gasteiger partial charge in [0.1, 0.15) is 6.29 Å². The fourth-order valence-corrected chi connectivity index (χ4v) is 1.40. The summed E-state index contributed by atoms with van der Waals surface area (Å²) in [7, 11) is 2.92. The number of carbonyl (C=O) groups is 1. The van der Waals surface area contributed by atoms with Crippen LogP contribution in [0.3, 0.4) is 0 Å². The van der Waals surface area contributed by atoms with E-state index in [1.807, 2.05) is 0 Å². The van der Waals surface area contributed by atoms with E-state index in [2.05, 4.69) is 15.0 Å². The van der Waals surface area contributed by atoms with Gasteiger partial charge in [-0.05, 0) is 6.07 Å². The van der Waals surface area contributed by atoms with Crippen molar-refractivity contribution in [3.8, 4) is 23.4 Å². The molecule has 2 aromatic rings. The highest BCUT2D eigenvalue weighted by Crippen LogP contribution is 2.20. The average molecular weight is 245 g/mol. The van der Waals surface area contributed by atoms with E-state index in [1.165, 1.54) is 14.2 Å². The molecule has 6 nitrogen and oxygen atoms in total. The van der Waals surface area contributed by atoms with E-state index in [0.29, 0.717) is 17.0 Å². The maximum Gasteiger partial charge on any atom is 0.322 e. The Hall–Kier alpha value is -2.50. The lowest BCUT2D eigenvalue weighted by atomic mass is 10.1. The zero-order valence-corrected chi connectivity index (χ0v) is 9.95. The summed E-state index contributed by atoms with van der Waals surface area (Å²) in [5, 5.41) is 0. The second-order valence-corrected chi connectivity index (χ2v) is 3.38. The molecule has 0 atom stereocenters. The van der Waals surface area contributed by atoms with Crippen molar-refractivity contribution < 1.29 is 14.3 Å². The molecule has 0 radical (unpaired) electrons. The molecule has 0 bridgehead atoms. The van der Waals surface area contributed by atoms with Gasteiger partial charge in [0, 0.05) is 11.1 Å². The smallest absolute Gasteiger partial charge is 0.322 e. The highest BCUT2D eigenvalue weighted by Gasteiger charge is 2.09. The molecule has 0 aliphatic rings. The van der Waals surface area contributed by atoms with Crippen LogP contribution in [0.25, 0.3) is 11.4 Å². The predicted molar refractivity (Wildman–Crippen MR) is 63.8 cm³/mol. The number of nitrogens with zero attached hydrogens (tertiary/aromatic N) is 3. The number of rotatable bonds is 4. The number of aldehydes is 1. The topological polar surface area (TPSA) is 74.2 Å². The van der Waals surface area contributed by atoms with Gasteiger partial charge in [-0.15, -0.1) is 4.98 Å². The minimum absolute atomic E-state index is 0.161. The second kappa shape index (κ2) is 5.22. The van der Waals surface area contributed by atoms with Gasteiger partial charge in [-0.2, -0.15) is 9.97 Å². The van der Waals surface area contributed by atoms with Crippen molar-refractivity contribution in [2.24, 2.45) is 0 Å². The Labute approximate surface area is 104 Å². The van der Waals surface area contributed by atoms with Crippen LogP contribution in [0.15, 0.2) is 24.3 Å². The zero-order valence-electron chi connectivity index (χ0n) is 9.95. The fourth-order valence-electron chi connectivity index (χ4n) is 1.40. The molecule has 0 amide bonds. The summed E-state index contributed by atoms with van der Waals surface area (Å²) in [4.78, 5) is 22.8. The van der Waals surface area contributed by atoms with Gasteiger partial charge in [-0.1, -0.05) is 18.2 Å². The van der Waals surface area contributed by atoms with Crippen LogP contribution in [0, 0.1) is 0 Å². The van der Waals surface area contributed by atoms with Gasteiger partial charge in [0.15, 0.2) is 5.82 Å². The summed E-state index contributed by atoms with van der Waals surface area (Å²) in [6.07, 6.45) is 0.763. The van der Waals surface area contributed by atoms with Gasteiger partial charge in [-0.25, -0.2) is 0 Å². The number of aromatic nitrogens is 3. The molecule has 18 heavy (non-hydrogen) atoms. The molecular weight excluding hydrogens is 234 g/mol. The van der Waals surface area contributed by atoms with E-state index >= 15 is 0 Å². The molecule has 0 N–H and O–H groups in total. The van der Waals surface area contributed by atoms with Crippen LogP contribution in [0.4, 0.5) is 0 Å². The van der Waals surface area contributed by atoms with Crippen LogP contribution < -0.4 is 9.47 Å². The molecule has 0 fully saturated rings. The molecule has 1 aromatic heterocycles. The monoisotopic (exact) mass is 245 g/mol. The van der Waals surface area contributed by atoms with Crippen LogP contribution in [-0.4, -0.2) is 35.5 Å². The van der Waals surface area contributed by atoms with Crippen molar-refractivity contribution >= 4 is 6.29 Å². The number of methoxy groups -OCH3 is 2. The lowest BCUT2D eigenvalue weighted by Crippen LogP contribution is -2.01. The van der Waals surface area contributed by atoms with Crippen LogP contribution in [0.5, 0.6) is 12.0 Å². The molecule has 0 aliphatic heterocycles. The molecule has 1 heterocycles. The van der Waals surface area contributed by atoms with Crippen LogP contribution in [-0.2, 0) is 0 Å². The first kappa shape index (κ1) is 12.0. The van der Waals surface area contributed by atoms with Crippen molar-refractivity contribution in [2.75, 3.05) is 14.2 Å². The fraction of sp³-hybridized carbons (Fsp3) is 0.167. The first-order valence-electron chi connectivity index (χ1n) is 5.16. The van der Waals surface area contributed by atoms with E-state index in [4.69, 9.17) is 9.47 Å². The summed E-state index contributed by atoms with van der Waals surface area (Å²) in [5.41, 5.74) is 1.24. The summed E-state index contributed by atoms with van der Waals surface area (Å²) in [6, 6.07) is 7.25. The second-order valence-electron chi connectivity index (χ2n) is 3.38. The predicted octanol–water partition coefficient (Wildman–Crippen LogP) is 1.37. The van der Waals surface area contributed by atoms with Crippen LogP contribution in [0.2, 0.25) is 0 Å². The first-order valence-corrected chi connectivity index (χ1v) is 5.16. The number of hydrogen-bond acceptors (Lipinski definition) is 6. The van der Waals surface area contributed by atoms with Gasteiger partial charge in [0.2, 0.25) is 0 Å². The Kier molecular flexibility index (Phi) is 3.47. The number of carbonyl (C=O) groups excluding carboxylic acids is 1. The molecule has 0 saturated heterocycles. The molecule has 0 unspecified atom stereocenters. The van der Waals surface area contributed by atoms with Gasteiger partial charge in [0.05, 0.1) is 14.2 Å².